The molecule has 0 radical (unpaired) electrons. The van der Waals surface area contributed by atoms with E-state index in [1.165, 1.54) is 19.3 Å². The molecule has 0 spiro atoms. The van der Waals surface area contributed by atoms with E-state index in [1.807, 2.05) is 12.2 Å². The average molecular weight is 361 g/mol. The van der Waals surface area contributed by atoms with Crippen LogP contribution in [0.5, 0.6) is 0 Å². The van der Waals surface area contributed by atoms with Gasteiger partial charge in [0.25, 0.3) is 0 Å². The third-order valence-electron chi connectivity index (χ3n) is 4.11. The zero-order valence-corrected chi connectivity index (χ0v) is 15.7. The third kappa shape index (κ3) is 14.7. The summed E-state index contributed by atoms with van der Waals surface area (Å²) < 4.78 is 34.0. The summed E-state index contributed by atoms with van der Waals surface area (Å²) in [5.74, 6) is -1.03. The number of unbranched alkanes of at least 4 members (excludes halogenated alkanes) is 7. The second-order valence-corrected chi connectivity index (χ2v) is 7.99. The minimum atomic E-state index is -4.23. The van der Waals surface area contributed by atoms with Gasteiger partial charge in [-0.2, -0.15) is 0 Å². The fourth-order valence-corrected chi connectivity index (χ4v) is 3.51. The zero-order chi connectivity index (χ0) is 18.3. The number of carboxylic acids is 1. The molecule has 0 N–H and O–H groups in total. The molecule has 1 unspecified atom stereocenters. The molecule has 0 saturated heterocycles. The summed E-state index contributed by atoms with van der Waals surface area (Å²) in [5.41, 5.74) is 0. The van der Waals surface area contributed by atoms with Gasteiger partial charge in [0.05, 0.1) is 10.1 Å². The van der Waals surface area contributed by atoms with Gasteiger partial charge in [0.2, 0.25) is 0 Å². The number of hydrogen-bond acceptors (Lipinski definition) is 5. The predicted molar refractivity (Wildman–Crippen MR) is 93.3 cm³/mol. The Labute approximate surface area is 147 Å². The van der Waals surface area contributed by atoms with Gasteiger partial charge in [-0.1, -0.05) is 57.6 Å². The Morgan fingerprint density at radius 1 is 0.917 bits per heavy atom. The van der Waals surface area contributed by atoms with Gasteiger partial charge in [-0.05, 0) is 44.9 Å². The van der Waals surface area contributed by atoms with Crippen LogP contribution < -0.4 is 5.11 Å². The van der Waals surface area contributed by atoms with Crippen LogP contribution in [0.15, 0.2) is 12.2 Å². The summed E-state index contributed by atoms with van der Waals surface area (Å²) in [5, 5.41) is 9.46. The van der Waals surface area contributed by atoms with E-state index in [0.29, 0.717) is 25.7 Å². The van der Waals surface area contributed by atoms with E-state index in [9.17, 15) is 22.9 Å². The van der Waals surface area contributed by atoms with E-state index < -0.39 is 21.3 Å². The van der Waals surface area contributed by atoms with Crippen molar-refractivity contribution in [3.05, 3.63) is 12.2 Å². The quantitative estimate of drug-likeness (QED) is 0.239. The average Bonchev–Trinajstić information content (AvgIpc) is 2.49. The molecule has 0 heterocycles. The second kappa shape index (κ2) is 14.5. The van der Waals surface area contributed by atoms with Crippen molar-refractivity contribution in [1.82, 2.24) is 0 Å². The number of hydrogen-bond donors (Lipinski definition) is 0. The predicted octanol–water partition coefficient (Wildman–Crippen LogP) is 3.30. The van der Waals surface area contributed by atoms with Gasteiger partial charge in [0.1, 0.15) is 0 Å². The molecule has 142 valence electrons. The molecule has 0 rings (SSSR count). The molecular formula is C18H32O5S-2. The van der Waals surface area contributed by atoms with E-state index in [0.717, 1.165) is 32.1 Å². The number of allylic oxidation sites excluding steroid dienone is 2. The van der Waals surface area contributed by atoms with Crippen molar-refractivity contribution in [1.29, 1.82) is 0 Å². The molecule has 0 fully saturated rings. The van der Waals surface area contributed by atoms with E-state index in [4.69, 9.17) is 0 Å². The molecule has 0 aliphatic carbocycles. The Morgan fingerprint density at radius 3 is 2.17 bits per heavy atom. The third-order valence-corrected chi connectivity index (χ3v) is 5.40. The van der Waals surface area contributed by atoms with Crippen molar-refractivity contribution in [2.75, 3.05) is 0 Å². The summed E-state index contributed by atoms with van der Waals surface area (Å²) in [7, 11) is -4.23. The van der Waals surface area contributed by atoms with Crippen LogP contribution in [-0.2, 0) is 14.9 Å². The first kappa shape index (κ1) is 23.1. The Morgan fingerprint density at radius 2 is 1.54 bits per heavy atom. The van der Waals surface area contributed by atoms with Gasteiger partial charge in [-0.3, -0.25) is 0 Å². The maximum atomic E-state index is 11.3. The molecule has 0 aromatic heterocycles. The monoisotopic (exact) mass is 360 g/mol. The van der Waals surface area contributed by atoms with E-state index in [2.05, 4.69) is 6.92 Å². The summed E-state index contributed by atoms with van der Waals surface area (Å²) >= 11 is 0. The molecule has 6 heteroatoms. The molecule has 0 aromatic rings. The van der Waals surface area contributed by atoms with Gasteiger partial charge >= 0.3 is 0 Å². The lowest BCUT2D eigenvalue weighted by Gasteiger charge is -2.19. The SMILES string of the molecule is CCCCCCCCC(CC/C=C/CCCCC(=O)[O-])S(=O)(=O)[O-]. The first-order valence-corrected chi connectivity index (χ1v) is 10.6. The molecule has 0 aromatic carbocycles. The first-order valence-electron chi connectivity index (χ1n) is 9.17. The Hall–Kier alpha value is -0.880. The van der Waals surface area contributed by atoms with Gasteiger partial charge < -0.3 is 14.5 Å². The fraction of sp³-hybridized carbons (Fsp3) is 0.833. The number of carbonyl (C=O) groups is 1. The van der Waals surface area contributed by atoms with Crippen molar-refractivity contribution in [3.8, 4) is 0 Å². The summed E-state index contributed by atoms with van der Waals surface area (Å²) in [4.78, 5) is 10.2. The molecule has 0 bridgehead atoms. The van der Waals surface area contributed by atoms with Crippen molar-refractivity contribution in [2.45, 2.75) is 95.6 Å². The molecule has 0 aliphatic rings. The number of rotatable bonds is 16. The maximum Gasteiger partial charge on any atom is 0.0975 e. The number of aliphatic carboxylic acids is 1. The molecule has 0 saturated carbocycles. The van der Waals surface area contributed by atoms with Crippen molar-refractivity contribution in [2.24, 2.45) is 0 Å². The minimum Gasteiger partial charge on any atom is -0.748 e. The van der Waals surface area contributed by atoms with Crippen molar-refractivity contribution < 1.29 is 22.9 Å². The lowest BCUT2D eigenvalue weighted by atomic mass is 10.1. The van der Waals surface area contributed by atoms with Crippen LogP contribution >= 0.6 is 0 Å². The largest absolute Gasteiger partial charge is 0.748 e. The van der Waals surface area contributed by atoms with Gasteiger partial charge in [0, 0.05) is 11.2 Å². The number of carbonyl (C=O) groups excluding carboxylic acids is 1. The highest BCUT2D eigenvalue weighted by Gasteiger charge is 2.14. The van der Waals surface area contributed by atoms with E-state index in [-0.39, 0.29) is 6.42 Å². The number of carboxylic acid groups (broad SMARTS) is 1. The highest BCUT2D eigenvalue weighted by atomic mass is 32.2. The lowest BCUT2D eigenvalue weighted by molar-refractivity contribution is -0.305. The molecular weight excluding hydrogens is 328 g/mol. The van der Waals surface area contributed by atoms with Gasteiger partial charge in [-0.15, -0.1) is 0 Å². The minimum absolute atomic E-state index is 0.0720. The summed E-state index contributed by atoms with van der Waals surface area (Å²) in [6.45, 7) is 2.15. The van der Waals surface area contributed by atoms with Crippen LogP contribution in [0.3, 0.4) is 0 Å². The molecule has 0 aliphatic heterocycles. The fourth-order valence-electron chi connectivity index (χ4n) is 2.63. The summed E-state index contributed by atoms with van der Waals surface area (Å²) in [6.07, 6.45) is 13.8. The standard InChI is InChI=1S/C18H34O5S/c1-2-3-4-5-8-11-14-17(24(21,22)23)15-12-9-6-7-10-13-16-18(19)20/h6,9,17H,2-5,7-8,10-16H2,1H3,(H,19,20)(H,21,22,23)/p-2/b9-6+. The van der Waals surface area contributed by atoms with Crippen LogP contribution in [0, 0.1) is 0 Å². The van der Waals surface area contributed by atoms with Crippen LogP contribution in [0.25, 0.3) is 0 Å². The zero-order valence-electron chi connectivity index (χ0n) is 14.9. The Bertz CT molecular complexity index is 442. The van der Waals surface area contributed by atoms with E-state index in [1.54, 1.807) is 0 Å². The van der Waals surface area contributed by atoms with Crippen LogP contribution in [0.4, 0.5) is 0 Å². The smallest absolute Gasteiger partial charge is 0.0975 e. The summed E-state index contributed by atoms with van der Waals surface area (Å²) in [6, 6.07) is 0. The van der Waals surface area contributed by atoms with E-state index >= 15 is 0 Å². The van der Waals surface area contributed by atoms with Gasteiger partial charge in [-0.25, -0.2) is 8.42 Å². The Balaban J connectivity index is 3.89. The van der Waals surface area contributed by atoms with Gasteiger partial charge in [0.15, 0.2) is 0 Å². The molecule has 0 amide bonds. The highest BCUT2D eigenvalue weighted by molar-refractivity contribution is 7.86. The van der Waals surface area contributed by atoms with Crippen LogP contribution in [-0.4, -0.2) is 24.2 Å². The first-order chi connectivity index (χ1) is 11.4. The van der Waals surface area contributed by atoms with Crippen molar-refractivity contribution >= 4 is 16.1 Å². The molecule has 24 heavy (non-hydrogen) atoms. The normalized spacial score (nSPS) is 13.4. The Kier molecular flexibility index (Phi) is 13.9. The molecule has 1 atom stereocenters. The van der Waals surface area contributed by atoms with Crippen molar-refractivity contribution in [3.63, 3.8) is 0 Å². The van der Waals surface area contributed by atoms with Crippen LogP contribution in [0.1, 0.15) is 90.4 Å². The maximum absolute atomic E-state index is 11.3. The topological polar surface area (TPSA) is 97.3 Å². The second-order valence-electron chi connectivity index (χ2n) is 6.34. The lowest BCUT2D eigenvalue weighted by Crippen LogP contribution is -2.21. The molecule has 5 nitrogen and oxygen atoms in total. The van der Waals surface area contributed by atoms with Crippen LogP contribution in [0.2, 0.25) is 0 Å². The highest BCUT2D eigenvalue weighted by Crippen LogP contribution is 2.17.